The minimum absolute atomic E-state index is 0.0684. The number of carbonyl (C=O) groups is 1. The van der Waals surface area contributed by atoms with Crippen LogP contribution in [0.1, 0.15) is 28.9 Å². The minimum atomic E-state index is -0.0684. The lowest BCUT2D eigenvalue weighted by Gasteiger charge is -2.10. The Morgan fingerprint density at radius 1 is 1.15 bits per heavy atom. The summed E-state index contributed by atoms with van der Waals surface area (Å²) in [7, 11) is 0. The maximum atomic E-state index is 12.4. The van der Waals surface area contributed by atoms with Gasteiger partial charge in [-0.3, -0.25) is 9.78 Å². The molecule has 0 bridgehead atoms. The van der Waals surface area contributed by atoms with Gasteiger partial charge in [0, 0.05) is 28.9 Å². The molecule has 0 unspecified atom stereocenters. The Hall–Kier alpha value is -2.91. The SMILES string of the molecule is Cc1cc(C)c(C#N)c(SCCC(=O)Nc2cc(C)nc3ccccc23)n1. The number of para-hydroxylation sites is 1. The highest BCUT2D eigenvalue weighted by molar-refractivity contribution is 7.99. The van der Waals surface area contributed by atoms with E-state index in [4.69, 9.17) is 0 Å². The normalized spacial score (nSPS) is 10.6. The molecule has 0 spiro atoms. The predicted octanol–water partition coefficient (Wildman–Crippen LogP) is 4.55. The standard InChI is InChI=1S/C21H20N4OS/c1-13-10-14(2)24-21(17(13)12-22)27-9-8-20(26)25-19-11-15(3)23-18-7-5-4-6-16(18)19/h4-7,10-11H,8-9H2,1-3H3,(H,23,25,26). The number of hydrogen-bond acceptors (Lipinski definition) is 5. The van der Waals surface area contributed by atoms with Crippen LogP contribution in [0.15, 0.2) is 41.4 Å². The number of pyridine rings is 2. The maximum Gasteiger partial charge on any atom is 0.225 e. The smallest absolute Gasteiger partial charge is 0.225 e. The van der Waals surface area contributed by atoms with Gasteiger partial charge in [-0.15, -0.1) is 11.8 Å². The third-order valence-corrected chi connectivity index (χ3v) is 5.09. The van der Waals surface area contributed by atoms with Gasteiger partial charge in [0.2, 0.25) is 5.91 Å². The molecule has 1 N–H and O–H groups in total. The van der Waals surface area contributed by atoms with Gasteiger partial charge >= 0.3 is 0 Å². The number of rotatable bonds is 5. The number of carbonyl (C=O) groups excluding carboxylic acids is 1. The quantitative estimate of drug-likeness (QED) is 0.661. The molecule has 1 amide bonds. The second kappa shape index (κ2) is 8.19. The monoisotopic (exact) mass is 376 g/mol. The Labute approximate surface area is 162 Å². The number of aromatic nitrogens is 2. The first kappa shape index (κ1) is 18.9. The van der Waals surface area contributed by atoms with E-state index in [1.165, 1.54) is 11.8 Å². The van der Waals surface area contributed by atoms with Gasteiger partial charge in [-0.2, -0.15) is 5.26 Å². The molecule has 0 saturated carbocycles. The maximum absolute atomic E-state index is 12.4. The summed E-state index contributed by atoms with van der Waals surface area (Å²) in [6.45, 7) is 5.72. The van der Waals surface area contributed by atoms with E-state index in [9.17, 15) is 10.1 Å². The molecule has 0 aliphatic carbocycles. The van der Waals surface area contributed by atoms with Crippen LogP contribution in [0.2, 0.25) is 0 Å². The van der Waals surface area contributed by atoms with Crippen LogP contribution in [0.3, 0.4) is 0 Å². The van der Waals surface area contributed by atoms with E-state index in [-0.39, 0.29) is 5.91 Å². The predicted molar refractivity (Wildman–Crippen MR) is 109 cm³/mol. The van der Waals surface area contributed by atoms with Gasteiger partial charge in [-0.1, -0.05) is 18.2 Å². The molecule has 27 heavy (non-hydrogen) atoms. The molecule has 2 heterocycles. The molecule has 136 valence electrons. The third kappa shape index (κ3) is 4.44. The van der Waals surface area contributed by atoms with Crippen molar-refractivity contribution in [1.29, 1.82) is 5.26 Å². The fourth-order valence-electron chi connectivity index (χ4n) is 2.91. The van der Waals surface area contributed by atoms with Crippen molar-refractivity contribution in [2.45, 2.75) is 32.2 Å². The Morgan fingerprint density at radius 2 is 1.89 bits per heavy atom. The van der Waals surface area contributed by atoms with E-state index in [1.807, 2.05) is 57.2 Å². The fourth-order valence-corrected chi connectivity index (χ4v) is 3.95. The summed E-state index contributed by atoms with van der Waals surface area (Å²) in [6.07, 6.45) is 0.333. The number of hydrogen-bond donors (Lipinski definition) is 1. The summed E-state index contributed by atoms with van der Waals surface area (Å²) in [4.78, 5) is 21.3. The number of aryl methyl sites for hydroxylation is 3. The first-order valence-corrected chi connectivity index (χ1v) is 9.64. The lowest BCUT2D eigenvalue weighted by Crippen LogP contribution is -2.13. The highest BCUT2D eigenvalue weighted by Crippen LogP contribution is 2.25. The van der Waals surface area contributed by atoms with Crippen molar-refractivity contribution < 1.29 is 4.79 Å². The van der Waals surface area contributed by atoms with E-state index < -0.39 is 0 Å². The molecule has 0 fully saturated rings. The molecule has 6 heteroatoms. The van der Waals surface area contributed by atoms with Crippen molar-refractivity contribution in [3.8, 4) is 6.07 Å². The minimum Gasteiger partial charge on any atom is -0.325 e. The first-order valence-electron chi connectivity index (χ1n) is 8.65. The van der Waals surface area contributed by atoms with Crippen LogP contribution in [0.25, 0.3) is 10.9 Å². The fraction of sp³-hybridized carbons (Fsp3) is 0.238. The average Bonchev–Trinajstić information content (AvgIpc) is 2.61. The van der Waals surface area contributed by atoms with Crippen LogP contribution in [-0.4, -0.2) is 21.6 Å². The zero-order valence-electron chi connectivity index (χ0n) is 15.5. The van der Waals surface area contributed by atoms with Gasteiger partial charge in [-0.05, 0) is 44.5 Å². The van der Waals surface area contributed by atoms with Crippen LogP contribution in [0.5, 0.6) is 0 Å². The van der Waals surface area contributed by atoms with E-state index >= 15 is 0 Å². The summed E-state index contributed by atoms with van der Waals surface area (Å²) in [5.74, 6) is 0.486. The molecule has 3 rings (SSSR count). The number of benzene rings is 1. The summed E-state index contributed by atoms with van der Waals surface area (Å²) in [5.41, 5.74) is 4.86. The van der Waals surface area contributed by atoms with E-state index in [0.717, 1.165) is 33.5 Å². The Balaban J connectivity index is 1.68. The highest BCUT2D eigenvalue weighted by Gasteiger charge is 2.11. The largest absolute Gasteiger partial charge is 0.325 e. The molecular formula is C21H20N4OS. The Bertz CT molecular complexity index is 1060. The number of thioether (sulfide) groups is 1. The van der Waals surface area contributed by atoms with Crippen molar-refractivity contribution in [1.82, 2.24) is 9.97 Å². The molecule has 2 aromatic heterocycles. The first-order chi connectivity index (χ1) is 13.0. The Morgan fingerprint density at radius 3 is 2.67 bits per heavy atom. The molecule has 0 aliphatic rings. The van der Waals surface area contributed by atoms with E-state index in [1.54, 1.807) is 0 Å². The van der Waals surface area contributed by atoms with Crippen molar-refractivity contribution in [3.63, 3.8) is 0 Å². The Kier molecular flexibility index (Phi) is 5.72. The van der Waals surface area contributed by atoms with E-state index in [2.05, 4.69) is 21.4 Å². The van der Waals surface area contributed by atoms with Crippen molar-refractivity contribution >= 4 is 34.3 Å². The van der Waals surface area contributed by atoms with Crippen LogP contribution < -0.4 is 5.32 Å². The molecular weight excluding hydrogens is 356 g/mol. The van der Waals surface area contributed by atoms with E-state index in [0.29, 0.717) is 22.8 Å². The molecule has 1 aromatic carbocycles. The topological polar surface area (TPSA) is 78.7 Å². The second-order valence-corrected chi connectivity index (χ2v) is 7.43. The second-order valence-electron chi connectivity index (χ2n) is 6.35. The summed E-state index contributed by atoms with van der Waals surface area (Å²) < 4.78 is 0. The number of anilines is 1. The zero-order valence-corrected chi connectivity index (χ0v) is 16.4. The molecule has 5 nitrogen and oxygen atoms in total. The molecule has 3 aromatic rings. The number of amides is 1. The summed E-state index contributed by atoms with van der Waals surface area (Å²) >= 11 is 1.44. The van der Waals surface area contributed by atoms with Gasteiger partial charge in [0.05, 0.1) is 16.8 Å². The van der Waals surface area contributed by atoms with Gasteiger partial charge in [-0.25, -0.2) is 4.98 Å². The average molecular weight is 376 g/mol. The van der Waals surface area contributed by atoms with Crippen LogP contribution in [0.4, 0.5) is 5.69 Å². The van der Waals surface area contributed by atoms with Crippen LogP contribution in [0, 0.1) is 32.1 Å². The van der Waals surface area contributed by atoms with Gasteiger partial charge in [0.1, 0.15) is 11.1 Å². The van der Waals surface area contributed by atoms with Crippen molar-refractivity contribution in [3.05, 3.63) is 58.9 Å². The molecule has 0 radical (unpaired) electrons. The number of nitrogens with one attached hydrogen (secondary N) is 1. The third-order valence-electron chi connectivity index (χ3n) is 4.11. The van der Waals surface area contributed by atoms with Gasteiger partial charge in [0.15, 0.2) is 0 Å². The zero-order chi connectivity index (χ0) is 19.4. The highest BCUT2D eigenvalue weighted by atomic mass is 32.2. The van der Waals surface area contributed by atoms with Crippen LogP contribution >= 0.6 is 11.8 Å². The number of fused-ring (bicyclic) bond motifs is 1. The van der Waals surface area contributed by atoms with Gasteiger partial charge < -0.3 is 5.32 Å². The van der Waals surface area contributed by atoms with Crippen molar-refractivity contribution in [2.24, 2.45) is 0 Å². The molecule has 0 saturated heterocycles. The lowest BCUT2D eigenvalue weighted by molar-refractivity contribution is -0.115. The van der Waals surface area contributed by atoms with Crippen molar-refractivity contribution in [2.75, 3.05) is 11.1 Å². The molecule has 0 aliphatic heterocycles. The number of nitriles is 1. The van der Waals surface area contributed by atoms with Gasteiger partial charge in [0.25, 0.3) is 0 Å². The summed E-state index contributed by atoms with van der Waals surface area (Å²) in [6, 6.07) is 13.7. The molecule has 0 atom stereocenters. The number of nitrogens with zero attached hydrogens (tertiary/aromatic N) is 3. The summed E-state index contributed by atoms with van der Waals surface area (Å²) in [5, 5.41) is 13.9. The lowest BCUT2D eigenvalue weighted by atomic mass is 10.1. The van der Waals surface area contributed by atoms with Crippen LogP contribution in [-0.2, 0) is 4.79 Å².